The Hall–Kier alpha value is -1.58. The molecule has 2 aromatic rings. The third kappa shape index (κ3) is 4.06. The van der Waals surface area contributed by atoms with Gasteiger partial charge < -0.3 is 15.5 Å². The molecule has 0 spiro atoms. The summed E-state index contributed by atoms with van der Waals surface area (Å²) < 4.78 is 5.00. The molecule has 0 saturated heterocycles. The second-order valence-corrected chi connectivity index (χ2v) is 4.21. The van der Waals surface area contributed by atoms with Gasteiger partial charge in [-0.3, -0.25) is 0 Å². The molecule has 0 aliphatic carbocycles. The van der Waals surface area contributed by atoms with E-state index < -0.39 is 0 Å². The number of hydrogen-bond acceptors (Lipinski definition) is 3. The Bertz CT molecular complexity index is 411. The molecule has 1 heterocycles. The summed E-state index contributed by atoms with van der Waals surface area (Å²) in [5, 5.41) is 3.32. The lowest BCUT2D eigenvalue weighted by atomic mass is 10.1. The van der Waals surface area contributed by atoms with Crippen LogP contribution in [0.1, 0.15) is 11.1 Å². The Morgan fingerprint density at radius 2 is 1.94 bits per heavy atom. The quantitative estimate of drug-likeness (QED) is 0.797. The molecule has 3 heteroatoms. The first-order valence-electron chi connectivity index (χ1n) is 5.86. The van der Waals surface area contributed by atoms with Crippen molar-refractivity contribution in [2.45, 2.75) is 19.0 Å². The smallest absolute Gasteiger partial charge is 0.0947 e. The predicted molar refractivity (Wildman–Crippen MR) is 68.5 cm³/mol. The molecule has 1 atom stereocenters. The van der Waals surface area contributed by atoms with Crippen LogP contribution >= 0.6 is 0 Å². The first kappa shape index (κ1) is 11.9. The lowest BCUT2D eigenvalue weighted by Gasteiger charge is -2.12. The van der Waals surface area contributed by atoms with Gasteiger partial charge in [-0.25, -0.2) is 0 Å². The first-order valence-corrected chi connectivity index (χ1v) is 5.86. The summed E-state index contributed by atoms with van der Waals surface area (Å²) in [5.74, 6) is 0. The molecule has 0 aliphatic heterocycles. The minimum atomic E-state index is 0.143. The van der Waals surface area contributed by atoms with Gasteiger partial charge in [0.2, 0.25) is 0 Å². The standard InChI is InChI=1S/C14H18N2O/c15-14(8-12-4-2-1-3-5-12)10-16-9-13-6-7-17-11-13/h1-7,11,14,16H,8-10,15H2. The van der Waals surface area contributed by atoms with Gasteiger partial charge in [0.15, 0.2) is 0 Å². The molecular formula is C14H18N2O. The number of nitrogens with one attached hydrogen (secondary N) is 1. The SMILES string of the molecule is NC(CNCc1ccoc1)Cc1ccccc1. The Kier molecular flexibility index (Phi) is 4.36. The molecule has 3 nitrogen and oxygen atoms in total. The van der Waals surface area contributed by atoms with Crippen LogP contribution in [0.15, 0.2) is 53.3 Å². The second kappa shape index (κ2) is 6.23. The molecule has 90 valence electrons. The molecule has 1 unspecified atom stereocenters. The molecule has 2 rings (SSSR count). The van der Waals surface area contributed by atoms with Gasteiger partial charge >= 0.3 is 0 Å². The molecule has 1 aromatic carbocycles. The second-order valence-electron chi connectivity index (χ2n) is 4.21. The topological polar surface area (TPSA) is 51.2 Å². The van der Waals surface area contributed by atoms with Gasteiger partial charge in [0.05, 0.1) is 12.5 Å². The number of hydrogen-bond donors (Lipinski definition) is 2. The molecule has 3 N–H and O–H groups in total. The van der Waals surface area contributed by atoms with Crippen molar-refractivity contribution in [3.05, 3.63) is 60.1 Å². The van der Waals surface area contributed by atoms with Crippen molar-refractivity contribution in [2.75, 3.05) is 6.54 Å². The van der Waals surface area contributed by atoms with Crippen LogP contribution in [-0.2, 0) is 13.0 Å². The van der Waals surface area contributed by atoms with Gasteiger partial charge in [0, 0.05) is 24.7 Å². The largest absolute Gasteiger partial charge is 0.472 e. The van der Waals surface area contributed by atoms with Crippen LogP contribution in [0.3, 0.4) is 0 Å². The van der Waals surface area contributed by atoms with E-state index in [1.165, 1.54) is 5.56 Å². The van der Waals surface area contributed by atoms with E-state index >= 15 is 0 Å². The fraction of sp³-hybridized carbons (Fsp3) is 0.286. The van der Waals surface area contributed by atoms with E-state index in [2.05, 4.69) is 17.4 Å². The van der Waals surface area contributed by atoms with Crippen molar-refractivity contribution < 1.29 is 4.42 Å². The molecule has 0 aliphatic rings. The predicted octanol–water partition coefficient (Wildman–Crippen LogP) is 1.94. The Morgan fingerprint density at radius 1 is 1.12 bits per heavy atom. The average Bonchev–Trinajstić information content (AvgIpc) is 2.83. The van der Waals surface area contributed by atoms with E-state index in [0.717, 1.165) is 25.1 Å². The van der Waals surface area contributed by atoms with Gasteiger partial charge in [0.25, 0.3) is 0 Å². The third-order valence-corrected chi connectivity index (χ3v) is 2.66. The summed E-state index contributed by atoms with van der Waals surface area (Å²) >= 11 is 0. The van der Waals surface area contributed by atoms with E-state index in [1.807, 2.05) is 24.3 Å². The Labute approximate surface area is 102 Å². The third-order valence-electron chi connectivity index (χ3n) is 2.66. The van der Waals surface area contributed by atoms with E-state index in [0.29, 0.717) is 0 Å². The summed E-state index contributed by atoms with van der Waals surface area (Å²) in [6.45, 7) is 1.61. The zero-order valence-corrected chi connectivity index (χ0v) is 9.80. The molecule has 17 heavy (non-hydrogen) atoms. The van der Waals surface area contributed by atoms with Crippen molar-refractivity contribution in [1.82, 2.24) is 5.32 Å². The molecule has 0 saturated carbocycles. The number of rotatable bonds is 6. The van der Waals surface area contributed by atoms with Crippen LogP contribution in [0.4, 0.5) is 0 Å². The van der Waals surface area contributed by atoms with Crippen LogP contribution in [0.25, 0.3) is 0 Å². The van der Waals surface area contributed by atoms with Gasteiger partial charge in [0.1, 0.15) is 0 Å². The summed E-state index contributed by atoms with van der Waals surface area (Å²) in [4.78, 5) is 0. The molecule has 0 bridgehead atoms. The van der Waals surface area contributed by atoms with Gasteiger partial charge in [-0.15, -0.1) is 0 Å². The van der Waals surface area contributed by atoms with Crippen LogP contribution < -0.4 is 11.1 Å². The molecular weight excluding hydrogens is 212 g/mol. The Morgan fingerprint density at radius 3 is 2.65 bits per heavy atom. The van der Waals surface area contributed by atoms with Gasteiger partial charge in [-0.2, -0.15) is 0 Å². The highest BCUT2D eigenvalue weighted by molar-refractivity contribution is 5.15. The van der Waals surface area contributed by atoms with Crippen LogP contribution in [0, 0.1) is 0 Å². The van der Waals surface area contributed by atoms with E-state index in [9.17, 15) is 0 Å². The number of benzene rings is 1. The minimum Gasteiger partial charge on any atom is -0.472 e. The van der Waals surface area contributed by atoms with E-state index in [-0.39, 0.29) is 6.04 Å². The molecule has 0 fully saturated rings. The fourth-order valence-electron chi connectivity index (χ4n) is 1.78. The number of furan rings is 1. The highest BCUT2D eigenvalue weighted by Gasteiger charge is 2.03. The summed E-state index contributed by atoms with van der Waals surface area (Å²) in [5.41, 5.74) is 8.49. The molecule has 0 amide bonds. The highest BCUT2D eigenvalue weighted by atomic mass is 16.3. The zero-order valence-electron chi connectivity index (χ0n) is 9.80. The van der Waals surface area contributed by atoms with Crippen molar-refractivity contribution in [1.29, 1.82) is 0 Å². The van der Waals surface area contributed by atoms with Gasteiger partial charge in [-0.05, 0) is 18.1 Å². The van der Waals surface area contributed by atoms with E-state index in [4.69, 9.17) is 10.2 Å². The van der Waals surface area contributed by atoms with Crippen LogP contribution in [-0.4, -0.2) is 12.6 Å². The normalized spacial score (nSPS) is 12.5. The first-order chi connectivity index (χ1) is 8.34. The lowest BCUT2D eigenvalue weighted by molar-refractivity contribution is 0.550. The van der Waals surface area contributed by atoms with E-state index in [1.54, 1.807) is 12.5 Å². The zero-order chi connectivity index (χ0) is 11.9. The molecule has 0 radical (unpaired) electrons. The summed E-state index contributed by atoms with van der Waals surface area (Å²) in [6.07, 6.45) is 4.33. The van der Waals surface area contributed by atoms with Crippen molar-refractivity contribution in [2.24, 2.45) is 5.73 Å². The summed E-state index contributed by atoms with van der Waals surface area (Å²) in [7, 11) is 0. The molecule has 1 aromatic heterocycles. The highest BCUT2D eigenvalue weighted by Crippen LogP contribution is 2.02. The minimum absolute atomic E-state index is 0.143. The lowest BCUT2D eigenvalue weighted by Crippen LogP contribution is -2.35. The van der Waals surface area contributed by atoms with Crippen LogP contribution in [0.5, 0.6) is 0 Å². The van der Waals surface area contributed by atoms with Gasteiger partial charge in [-0.1, -0.05) is 30.3 Å². The maximum atomic E-state index is 6.06. The van der Waals surface area contributed by atoms with Crippen molar-refractivity contribution in [3.63, 3.8) is 0 Å². The van der Waals surface area contributed by atoms with Crippen LogP contribution in [0.2, 0.25) is 0 Å². The van der Waals surface area contributed by atoms with Crippen molar-refractivity contribution in [3.8, 4) is 0 Å². The maximum absolute atomic E-state index is 6.06. The number of nitrogens with two attached hydrogens (primary N) is 1. The average molecular weight is 230 g/mol. The maximum Gasteiger partial charge on any atom is 0.0947 e. The fourth-order valence-corrected chi connectivity index (χ4v) is 1.78. The monoisotopic (exact) mass is 230 g/mol. The Balaban J connectivity index is 1.69. The summed E-state index contributed by atoms with van der Waals surface area (Å²) in [6, 6.07) is 12.4. The van der Waals surface area contributed by atoms with Crippen molar-refractivity contribution >= 4 is 0 Å².